The van der Waals surface area contributed by atoms with Gasteiger partial charge in [-0.1, -0.05) is 20.8 Å². The molecule has 106 valence electrons. The summed E-state index contributed by atoms with van der Waals surface area (Å²) >= 11 is 0. The van der Waals surface area contributed by atoms with E-state index in [0.29, 0.717) is 25.4 Å². The average molecular weight is 275 g/mol. The fraction of sp³-hybridized carbons (Fsp3) is 1.00. The smallest absolute Gasteiger partial charge is 0.214 e. The molecule has 2 aliphatic rings. The zero-order valence-corrected chi connectivity index (χ0v) is 12.4. The fourth-order valence-corrected chi connectivity index (χ4v) is 4.93. The van der Waals surface area contributed by atoms with Gasteiger partial charge in [-0.25, -0.2) is 12.7 Å². The molecule has 1 saturated heterocycles. The Morgan fingerprint density at radius 1 is 1.22 bits per heavy atom. The molecule has 2 rings (SSSR count). The molecular weight excluding hydrogens is 250 g/mol. The van der Waals surface area contributed by atoms with Crippen molar-refractivity contribution >= 4 is 10.0 Å². The summed E-state index contributed by atoms with van der Waals surface area (Å²) in [7, 11) is -3.14. The first kappa shape index (κ1) is 14.3. The maximum atomic E-state index is 12.3. The van der Waals surface area contributed by atoms with Crippen LogP contribution in [0, 0.1) is 17.3 Å². The van der Waals surface area contributed by atoms with Gasteiger partial charge in [-0.15, -0.1) is 0 Å². The SMILES string of the molecule is CC(C)(C)CCS(=O)(=O)N1CC2CCC(O)C2C1. The van der Waals surface area contributed by atoms with E-state index in [-0.39, 0.29) is 23.2 Å². The summed E-state index contributed by atoms with van der Waals surface area (Å²) < 4.78 is 26.1. The second-order valence-corrected chi connectivity index (χ2v) is 9.10. The summed E-state index contributed by atoms with van der Waals surface area (Å²) in [6.07, 6.45) is 2.20. The van der Waals surface area contributed by atoms with E-state index >= 15 is 0 Å². The highest BCUT2D eigenvalue weighted by molar-refractivity contribution is 7.89. The molecule has 0 bridgehead atoms. The average Bonchev–Trinajstić information content (AvgIpc) is 2.78. The van der Waals surface area contributed by atoms with Gasteiger partial charge in [0.15, 0.2) is 0 Å². The summed E-state index contributed by atoms with van der Waals surface area (Å²) in [6.45, 7) is 7.33. The summed E-state index contributed by atoms with van der Waals surface area (Å²) in [5, 5.41) is 9.82. The maximum absolute atomic E-state index is 12.3. The molecule has 0 aromatic heterocycles. The summed E-state index contributed by atoms with van der Waals surface area (Å²) in [5.74, 6) is 0.783. The van der Waals surface area contributed by atoms with Gasteiger partial charge in [-0.3, -0.25) is 0 Å². The lowest BCUT2D eigenvalue weighted by Gasteiger charge is -2.22. The molecule has 3 atom stereocenters. The zero-order chi connectivity index (χ0) is 13.6. The molecule has 0 amide bonds. The number of rotatable bonds is 3. The molecular formula is C13H25NO3S. The molecule has 3 unspecified atom stereocenters. The topological polar surface area (TPSA) is 57.6 Å². The summed E-state index contributed by atoms with van der Waals surface area (Å²) in [5.41, 5.74) is 0.0438. The Kier molecular flexibility index (Phi) is 3.78. The first-order valence-electron chi connectivity index (χ1n) is 6.85. The molecule has 1 N–H and O–H groups in total. The third-order valence-corrected chi connectivity index (χ3v) is 6.09. The minimum atomic E-state index is -3.14. The second kappa shape index (κ2) is 4.76. The van der Waals surface area contributed by atoms with Crippen LogP contribution in [-0.2, 0) is 10.0 Å². The van der Waals surface area contributed by atoms with E-state index in [1.54, 1.807) is 4.31 Å². The molecule has 1 aliphatic heterocycles. The van der Waals surface area contributed by atoms with E-state index in [9.17, 15) is 13.5 Å². The number of hydrogen-bond acceptors (Lipinski definition) is 3. The van der Waals surface area contributed by atoms with Gasteiger partial charge >= 0.3 is 0 Å². The maximum Gasteiger partial charge on any atom is 0.214 e. The van der Waals surface area contributed by atoms with Crippen molar-refractivity contribution in [3.8, 4) is 0 Å². The van der Waals surface area contributed by atoms with Crippen LogP contribution in [0.15, 0.2) is 0 Å². The number of hydrogen-bond donors (Lipinski definition) is 1. The van der Waals surface area contributed by atoms with Crippen molar-refractivity contribution < 1.29 is 13.5 Å². The molecule has 4 nitrogen and oxygen atoms in total. The third kappa shape index (κ3) is 3.06. The van der Waals surface area contributed by atoms with Crippen molar-refractivity contribution in [2.45, 2.75) is 46.1 Å². The van der Waals surface area contributed by atoms with Crippen molar-refractivity contribution in [1.82, 2.24) is 4.31 Å². The molecule has 0 spiro atoms. The highest BCUT2D eigenvalue weighted by atomic mass is 32.2. The number of aliphatic hydroxyl groups excluding tert-OH is 1. The predicted molar refractivity (Wildman–Crippen MR) is 71.7 cm³/mol. The molecule has 0 aromatic rings. The van der Waals surface area contributed by atoms with Crippen LogP contribution in [0.4, 0.5) is 0 Å². The quantitative estimate of drug-likeness (QED) is 0.848. The van der Waals surface area contributed by atoms with Crippen LogP contribution in [0.3, 0.4) is 0 Å². The lowest BCUT2D eigenvalue weighted by molar-refractivity contribution is 0.129. The highest BCUT2D eigenvalue weighted by Crippen LogP contribution is 2.39. The third-order valence-electron chi connectivity index (χ3n) is 4.29. The van der Waals surface area contributed by atoms with Gasteiger partial charge in [-0.05, 0) is 30.6 Å². The Morgan fingerprint density at radius 2 is 1.89 bits per heavy atom. The van der Waals surface area contributed by atoms with E-state index < -0.39 is 10.0 Å². The molecule has 1 saturated carbocycles. The Hall–Kier alpha value is -0.130. The van der Waals surface area contributed by atoms with Gasteiger partial charge in [0, 0.05) is 19.0 Å². The number of nitrogens with zero attached hydrogens (tertiary/aromatic N) is 1. The predicted octanol–water partition coefficient (Wildman–Crippen LogP) is 1.46. The standard InChI is InChI=1S/C13H25NO3S/c1-13(2,3)6-7-18(16,17)14-8-10-4-5-12(15)11(10)9-14/h10-12,15H,4-9H2,1-3H3. The molecule has 1 heterocycles. The molecule has 2 fully saturated rings. The first-order valence-corrected chi connectivity index (χ1v) is 8.46. The van der Waals surface area contributed by atoms with Gasteiger partial charge < -0.3 is 5.11 Å². The molecule has 5 heteroatoms. The van der Waals surface area contributed by atoms with Gasteiger partial charge in [-0.2, -0.15) is 0 Å². The van der Waals surface area contributed by atoms with Gasteiger partial charge in [0.2, 0.25) is 10.0 Å². The molecule has 18 heavy (non-hydrogen) atoms. The van der Waals surface area contributed by atoms with Crippen molar-refractivity contribution in [2.24, 2.45) is 17.3 Å². The first-order chi connectivity index (χ1) is 8.19. The lowest BCUT2D eigenvalue weighted by Crippen LogP contribution is -2.34. The molecule has 0 radical (unpaired) electrons. The van der Waals surface area contributed by atoms with Crippen molar-refractivity contribution in [3.05, 3.63) is 0 Å². The van der Waals surface area contributed by atoms with E-state index in [2.05, 4.69) is 20.8 Å². The van der Waals surface area contributed by atoms with Gasteiger partial charge in [0.1, 0.15) is 0 Å². The van der Waals surface area contributed by atoms with Crippen LogP contribution < -0.4 is 0 Å². The Labute approximate surface area is 110 Å². The largest absolute Gasteiger partial charge is 0.393 e. The van der Waals surface area contributed by atoms with Crippen LogP contribution in [0.5, 0.6) is 0 Å². The van der Waals surface area contributed by atoms with E-state index in [1.165, 1.54) is 0 Å². The van der Waals surface area contributed by atoms with Crippen molar-refractivity contribution in [2.75, 3.05) is 18.8 Å². The van der Waals surface area contributed by atoms with Crippen LogP contribution in [0.2, 0.25) is 0 Å². The van der Waals surface area contributed by atoms with E-state index in [0.717, 1.165) is 12.8 Å². The monoisotopic (exact) mass is 275 g/mol. The minimum absolute atomic E-state index is 0.0438. The minimum Gasteiger partial charge on any atom is -0.393 e. The summed E-state index contributed by atoms with van der Waals surface area (Å²) in [4.78, 5) is 0. The van der Waals surface area contributed by atoms with Crippen LogP contribution in [-0.4, -0.2) is 42.8 Å². The zero-order valence-electron chi connectivity index (χ0n) is 11.6. The fourth-order valence-electron chi connectivity index (χ4n) is 2.99. The van der Waals surface area contributed by atoms with E-state index in [4.69, 9.17) is 0 Å². The van der Waals surface area contributed by atoms with Crippen LogP contribution in [0.25, 0.3) is 0 Å². The van der Waals surface area contributed by atoms with Crippen molar-refractivity contribution in [1.29, 1.82) is 0 Å². The molecule has 1 aliphatic carbocycles. The van der Waals surface area contributed by atoms with Gasteiger partial charge in [0.05, 0.1) is 11.9 Å². The summed E-state index contributed by atoms with van der Waals surface area (Å²) in [6, 6.07) is 0. The Morgan fingerprint density at radius 3 is 2.44 bits per heavy atom. The molecule has 0 aromatic carbocycles. The lowest BCUT2D eigenvalue weighted by atomic mass is 9.94. The normalized spacial score (nSPS) is 33.9. The second-order valence-electron chi connectivity index (χ2n) is 7.01. The van der Waals surface area contributed by atoms with E-state index in [1.807, 2.05) is 0 Å². The number of aliphatic hydroxyl groups is 1. The van der Waals surface area contributed by atoms with Crippen LogP contribution in [0.1, 0.15) is 40.0 Å². The number of sulfonamides is 1. The highest BCUT2D eigenvalue weighted by Gasteiger charge is 2.45. The van der Waals surface area contributed by atoms with Crippen molar-refractivity contribution in [3.63, 3.8) is 0 Å². The Bertz CT molecular complexity index is 399. The number of fused-ring (bicyclic) bond motifs is 1. The Balaban J connectivity index is 1.96. The van der Waals surface area contributed by atoms with Crippen LogP contribution >= 0.6 is 0 Å². The van der Waals surface area contributed by atoms with Gasteiger partial charge in [0.25, 0.3) is 0 Å².